The number of benzene rings is 1. The predicted octanol–water partition coefficient (Wildman–Crippen LogP) is 2.06. The van der Waals surface area contributed by atoms with Crippen molar-refractivity contribution in [3.8, 4) is 0 Å². The highest BCUT2D eigenvalue weighted by molar-refractivity contribution is 5.67. The van der Waals surface area contributed by atoms with Crippen molar-refractivity contribution < 1.29 is 9.90 Å². The fourth-order valence-corrected chi connectivity index (χ4v) is 1.83. The summed E-state index contributed by atoms with van der Waals surface area (Å²) in [7, 11) is 1.86. The summed E-state index contributed by atoms with van der Waals surface area (Å²) in [5, 5.41) is 11.9. The average molecular weight is 207 g/mol. The van der Waals surface area contributed by atoms with Crippen LogP contribution in [0.2, 0.25) is 0 Å². The van der Waals surface area contributed by atoms with Gasteiger partial charge in [0.25, 0.3) is 0 Å². The molecule has 0 radical (unpaired) electrons. The van der Waals surface area contributed by atoms with Crippen molar-refractivity contribution in [3.05, 3.63) is 35.9 Å². The molecule has 82 valence electrons. The maximum atomic E-state index is 10.6. The van der Waals surface area contributed by atoms with Gasteiger partial charge < -0.3 is 10.4 Å². The Labute approximate surface area is 90.1 Å². The van der Waals surface area contributed by atoms with Gasteiger partial charge in [-0.05, 0) is 18.5 Å². The van der Waals surface area contributed by atoms with Crippen LogP contribution in [0.15, 0.2) is 30.3 Å². The van der Waals surface area contributed by atoms with Crippen molar-refractivity contribution in [2.24, 2.45) is 5.92 Å². The highest BCUT2D eigenvalue weighted by atomic mass is 16.4. The third-order valence-electron chi connectivity index (χ3n) is 2.54. The Bertz CT molecular complexity index is 311. The zero-order valence-corrected chi connectivity index (χ0v) is 9.10. The maximum Gasteiger partial charge on any atom is 0.303 e. The van der Waals surface area contributed by atoms with E-state index in [0.29, 0.717) is 0 Å². The monoisotopic (exact) mass is 207 g/mol. The summed E-state index contributed by atoms with van der Waals surface area (Å²) in [5.74, 6) is -0.673. The molecule has 0 aliphatic rings. The van der Waals surface area contributed by atoms with Crippen LogP contribution in [-0.4, -0.2) is 18.1 Å². The second-order valence-electron chi connectivity index (χ2n) is 3.75. The molecule has 3 heteroatoms. The van der Waals surface area contributed by atoms with Crippen molar-refractivity contribution in [2.45, 2.75) is 19.4 Å². The SMILES string of the molecule is CNC(c1ccccc1)C(C)CC(=O)O. The molecule has 15 heavy (non-hydrogen) atoms. The summed E-state index contributed by atoms with van der Waals surface area (Å²) in [6, 6.07) is 10.0. The van der Waals surface area contributed by atoms with Crippen molar-refractivity contribution in [2.75, 3.05) is 7.05 Å². The predicted molar refractivity (Wildman–Crippen MR) is 59.7 cm³/mol. The molecule has 0 fully saturated rings. The van der Waals surface area contributed by atoms with Gasteiger partial charge in [0, 0.05) is 12.5 Å². The summed E-state index contributed by atoms with van der Waals surface area (Å²) >= 11 is 0. The smallest absolute Gasteiger partial charge is 0.303 e. The molecule has 2 N–H and O–H groups in total. The minimum Gasteiger partial charge on any atom is -0.481 e. The van der Waals surface area contributed by atoms with E-state index in [2.05, 4.69) is 5.32 Å². The highest BCUT2D eigenvalue weighted by Crippen LogP contribution is 2.23. The molecule has 0 aromatic heterocycles. The van der Waals surface area contributed by atoms with Gasteiger partial charge >= 0.3 is 5.97 Å². The number of carboxylic acid groups (broad SMARTS) is 1. The molecule has 0 saturated heterocycles. The van der Waals surface area contributed by atoms with Crippen molar-refractivity contribution in [1.29, 1.82) is 0 Å². The van der Waals surface area contributed by atoms with Gasteiger partial charge in [-0.25, -0.2) is 0 Å². The van der Waals surface area contributed by atoms with E-state index in [1.54, 1.807) is 0 Å². The lowest BCUT2D eigenvalue weighted by atomic mass is 9.92. The Morgan fingerprint density at radius 3 is 2.47 bits per heavy atom. The van der Waals surface area contributed by atoms with Crippen LogP contribution in [0.3, 0.4) is 0 Å². The maximum absolute atomic E-state index is 10.6. The zero-order chi connectivity index (χ0) is 11.3. The van der Waals surface area contributed by atoms with E-state index < -0.39 is 5.97 Å². The summed E-state index contributed by atoms with van der Waals surface area (Å²) in [4.78, 5) is 10.6. The van der Waals surface area contributed by atoms with Gasteiger partial charge in [0.05, 0.1) is 0 Å². The lowest BCUT2D eigenvalue weighted by Gasteiger charge is -2.22. The van der Waals surface area contributed by atoms with Crippen LogP contribution in [0.1, 0.15) is 24.9 Å². The molecular formula is C12H17NO2. The molecule has 0 saturated carbocycles. The molecule has 2 unspecified atom stereocenters. The lowest BCUT2D eigenvalue weighted by Crippen LogP contribution is -2.25. The number of hydrogen-bond donors (Lipinski definition) is 2. The van der Waals surface area contributed by atoms with Crippen LogP contribution >= 0.6 is 0 Å². The molecule has 0 aliphatic heterocycles. The first-order valence-electron chi connectivity index (χ1n) is 5.09. The molecule has 0 spiro atoms. The van der Waals surface area contributed by atoms with Gasteiger partial charge in [-0.2, -0.15) is 0 Å². The van der Waals surface area contributed by atoms with Crippen LogP contribution < -0.4 is 5.32 Å². The molecule has 3 nitrogen and oxygen atoms in total. The third kappa shape index (κ3) is 3.36. The minimum absolute atomic E-state index is 0.0786. The first-order chi connectivity index (χ1) is 7.15. The Balaban J connectivity index is 2.75. The molecule has 2 atom stereocenters. The quantitative estimate of drug-likeness (QED) is 0.777. The van der Waals surface area contributed by atoms with Gasteiger partial charge in [0.1, 0.15) is 0 Å². The van der Waals surface area contributed by atoms with Crippen LogP contribution in [0.4, 0.5) is 0 Å². The third-order valence-corrected chi connectivity index (χ3v) is 2.54. The van der Waals surface area contributed by atoms with Gasteiger partial charge in [0.2, 0.25) is 0 Å². The summed E-state index contributed by atoms with van der Waals surface area (Å²) in [5.41, 5.74) is 1.13. The van der Waals surface area contributed by atoms with E-state index in [4.69, 9.17) is 5.11 Å². The Kier molecular flexibility index (Phi) is 4.31. The first kappa shape index (κ1) is 11.7. The molecule has 1 rings (SSSR count). The standard InChI is InChI=1S/C12H17NO2/c1-9(8-11(14)15)12(13-2)10-6-4-3-5-7-10/h3-7,9,12-13H,8H2,1-2H3,(H,14,15). The summed E-state index contributed by atoms with van der Waals surface area (Å²) in [6.07, 6.45) is 0.181. The van der Waals surface area contributed by atoms with Crippen molar-refractivity contribution in [1.82, 2.24) is 5.32 Å². The Morgan fingerprint density at radius 1 is 1.40 bits per heavy atom. The fraction of sp³-hybridized carbons (Fsp3) is 0.417. The van der Waals surface area contributed by atoms with Crippen LogP contribution in [-0.2, 0) is 4.79 Å². The van der Waals surface area contributed by atoms with Crippen LogP contribution in [0.5, 0.6) is 0 Å². The minimum atomic E-state index is -0.751. The Morgan fingerprint density at radius 2 is 2.00 bits per heavy atom. The van der Waals surface area contributed by atoms with Crippen molar-refractivity contribution in [3.63, 3.8) is 0 Å². The molecule has 0 bridgehead atoms. The summed E-state index contributed by atoms with van der Waals surface area (Å²) < 4.78 is 0. The second kappa shape index (κ2) is 5.51. The number of nitrogens with one attached hydrogen (secondary N) is 1. The molecule has 1 aromatic rings. The number of carbonyl (C=O) groups is 1. The molecule has 0 heterocycles. The lowest BCUT2D eigenvalue weighted by molar-refractivity contribution is -0.138. The average Bonchev–Trinajstić information content (AvgIpc) is 2.19. The van der Waals surface area contributed by atoms with Crippen molar-refractivity contribution >= 4 is 5.97 Å². The first-order valence-corrected chi connectivity index (χ1v) is 5.09. The van der Waals surface area contributed by atoms with Gasteiger partial charge in [-0.15, -0.1) is 0 Å². The second-order valence-corrected chi connectivity index (χ2v) is 3.75. The number of hydrogen-bond acceptors (Lipinski definition) is 2. The van der Waals surface area contributed by atoms with Gasteiger partial charge in [-0.3, -0.25) is 4.79 Å². The molecule has 1 aromatic carbocycles. The van der Waals surface area contributed by atoms with Gasteiger partial charge in [0.15, 0.2) is 0 Å². The largest absolute Gasteiger partial charge is 0.481 e. The van der Waals surface area contributed by atoms with E-state index in [1.807, 2.05) is 44.3 Å². The van der Waals surface area contributed by atoms with E-state index in [1.165, 1.54) is 0 Å². The molecular weight excluding hydrogens is 190 g/mol. The number of aliphatic carboxylic acids is 1. The topological polar surface area (TPSA) is 49.3 Å². The summed E-state index contributed by atoms with van der Waals surface area (Å²) in [6.45, 7) is 1.95. The zero-order valence-electron chi connectivity index (χ0n) is 9.10. The van der Waals surface area contributed by atoms with E-state index in [0.717, 1.165) is 5.56 Å². The van der Waals surface area contributed by atoms with Crippen LogP contribution in [0, 0.1) is 5.92 Å². The Hall–Kier alpha value is -1.35. The fourth-order valence-electron chi connectivity index (χ4n) is 1.83. The normalized spacial score (nSPS) is 14.5. The van der Waals surface area contributed by atoms with E-state index >= 15 is 0 Å². The van der Waals surface area contributed by atoms with Crippen LogP contribution in [0.25, 0.3) is 0 Å². The molecule has 0 amide bonds. The number of carboxylic acids is 1. The number of rotatable bonds is 5. The highest BCUT2D eigenvalue weighted by Gasteiger charge is 2.19. The van der Waals surface area contributed by atoms with E-state index in [9.17, 15) is 4.79 Å². The van der Waals surface area contributed by atoms with Gasteiger partial charge in [-0.1, -0.05) is 37.3 Å². The van der Waals surface area contributed by atoms with E-state index in [-0.39, 0.29) is 18.4 Å². The molecule has 0 aliphatic carbocycles.